The Bertz CT molecular complexity index is 739. The molecule has 1 aliphatic heterocycles. The van der Waals surface area contributed by atoms with Gasteiger partial charge in [0, 0.05) is 37.6 Å². The van der Waals surface area contributed by atoms with Crippen molar-refractivity contribution in [1.29, 1.82) is 0 Å². The van der Waals surface area contributed by atoms with Crippen LogP contribution in [0.4, 0.5) is 11.8 Å². The van der Waals surface area contributed by atoms with Crippen LogP contribution in [0.25, 0.3) is 0 Å². The molecule has 134 valence electrons. The summed E-state index contributed by atoms with van der Waals surface area (Å²) in [5.41, 5.74) is 1.48. The Morgan fingerprint density at radius 3 is 2.76 bits per heavy atom. The molecule has 0 aliphatic carbocycles. The molecule has 2 N–H and O–H groups in total. The highest BCUT2D eigenvalue weighted by atomic mass is 16.3. The largest absolute Gasteiger partial charge is 0.390 e. The third kappa shape index (κ3) is 3.85. The first-order chi connectivity index (χ1) is 12.0. The van der Waals surface area contributed by atoms with Gasteiger partial charge >= 0.3 is 0 Å². The molecule has 0 spiro atoms. The van der Waals surface area contributed by atoms with Crippen LogP contribution in [0.1, 0.15) is 37.2 Å². The Morgan fingerprint density at radius 2 is 2.08 bits per heavy atom. The van der Waals surface area contributed by atoms with E-state index in [2.05, 4.69) is 36.7 Å². The maximum atomic E-state index is 9.68. The minimum Gasteiger partial charge on any atom is -0.390 e. The molecule has 1 saturated heterocycles. The molecule has 3 heterocycles. The molecule has 8 heteroatoms. The molecule has 1 fully saturated rings. The van der Waals surface area contributed by atoms with Crippen molar-refractivity contribution in [2.24, 2.45) is 0 Å². The molecule has 0 aromatic carbocycles. The number of aryl methyl sites for hydroxylation is 1. The summed E-state index contributed by atoms with van der Waals surface area (Å²) in [4.78, 5) is 21.9. The highest BCUT2D eigenvalue weighted by molar-refractivity contribution is 5.43. The zero-order valence-electron chi connectivity index (χ0n) is 14.8. The van der Waals surface area contributed by atoms with Gasteiger partial charge in [-0.1, -0.05) is 0 Å². The number of nitrogens with zero attached hydrogens (tertiary/aromatic N) is 6. The normalized spacial score (nSPS) is 19.2. The van der Waals surface area contributed by atoms with Crippen LogP contribution in [-0.4, -0.2) is 55.8 Å². The second kappa shape index (κ2) is 7.28. The van der Waals surface area contributed by atoms with Gasteiger partial charge in [-0.25, -0.2) is 19.9 Å². The second-order valence-electron chi connectivity index (χ2n) is 6.40. The molecule has 2 aromatic rings. The summed E-state index contributed by atoms with van der Waals surface area (Å²) in [5, 5.41) is 19.0. The summed E-state index contributed by atoms with van der Waals surface area (Å²) >= 11 is 0. The topological polar surface area (TPSA) is 98.5 Å². The molecule has 0 bridgehead atoms. The van der Waals surface area contributed by atoms with Crippen LogP contribution >= 0.6 is 0 Å². The third-order valence-electron chi connectivity index (χ3n) is 4.30. The Balaban J connectivity index is 1.77. The quantitative estimate of drug-likeness (QED) is 0.842. The van der Waals surface area contributed by atoms with Crippen LogP contribution in [0, 0.1) is 6.92 Å². The van der Waals surface area contributed by atoms with Crippen LogP contribution in [0.15, 0.2) is 18.3 Å². The summed E-state index contributed by atoms with van der Waals surface area (Å²) in [6, 6.07) is 3.84. The number of hydrogen-bond donors (Lipinski definition) is 2. The minimum atomic E-state index is -0.684. The molecule has 0 radical (unpaired) electrons. The van der Waals surface area contributed by atoms with E-state index in [0.717, 1.165) is 31.1 Å². The summed E-state index contributed by atoms with van der Waals surface area (Å²) < 4.78 is 0. The van der Waals surface area contributed by atoms with E-state index < -0.39 is 6.10 Å². The SMILES string of the molecule is Cc1cc(CO)nc(N2CCN(c3ccnc(C(C)O)n3)CC2C)n1. The third-order valence-corrected chi connectivity index (χ3v) is 4.30. The van der Waals surface area contributed by atoms with E-state index in [9.17, 15) is 10.2 Å². The highest BCUT2D eigenvalue weighted by Crippen LogP contribution is 2.22. The predicted octanol–water partition coefficient (Wildman–Crippen LogP) is 0.836. The summed E-state index contributed by atoms with van der Waals surface area (Å²) in [5.74, 6) is 1.91. The van der Waals surface area contributed by atoms with Crippen molar-refractivity contribution in [1.82, 2.24) is 19.9 Å². The van der Waals surface area contributed by atoms with Crippen LogP contribution in [0.2, 0.25) is 0 Å². The first-order valence-electron chi connectivity index (χ1n) is 8.46. The van der Waals surface area contributed by atoms with Crippen molar-refractivity contribution >= 4 is 11.8 Å². The molecule has 1 aliphatic rings. The number of anilines is 2. The number of aliphatic hydroxyl groups is 2. The molecule has 2 unspecified atom stereocenters. The maximum Gasteiger partial charge on any atom is 0.226 e. The Labute approximate surface area is 147 Å². The molecular weight excluding hydrogens is 320 g/mol. The zero-order chi connectivity index (χ0) is 18.0. The molecule has 0 amide bonds. The summed E-state index contributed by atoms with van der Waals surface area (Å²) in [7, 11) is 0. The van der Waals surface area contributed by atoms with Gasteiger partial charge in [0.25, 0.3) is 0 Å². The second-order valence-corrected chi connectivity index (χ2v) is 6.40. The van der Waals surface area contributed by atoms with E-state index >= 15 is 0 Å². The van der Waals surface area contributed by atoms with Gasteiger partial charge in [-0.2, -0.15) is 0 Å². The lowest BCUT2D eigenvalue weighted by Gasteiger charge is -2.40. The first kappa shape index (κ1) is 17.5. The number of hydrogen-bond acceptors (Lipinski definition) is 8. The van der Waals surface area contributed by atoms with Crippen LogP contribution in [0.3, 0.4) is 0 Å². The van der Waals surface area contributed by atoms with Crippen molar-refractivity contribution in [2.45, 2.75) is 39.5 Å². The van der Waals surface area contributed by atoms with Gasteiger partial charge in [0.1, 0.15) is 11.9 Å². The lowest BCUT2D eigenvalue weighted by Crippen LogP contribution is -2.53. The fraction of sp³-hybridized carbons (Fsp3) is 0.529. The first-order valence-corrected chi connectivity index (χ1v) is 8.46. The molecule has 2 atom stereocenters. The Morgan fingerprint density at radius 1 is 1.28 bits per heavy atom. The number of rotatable bonds is 4. The van der Waals surface area contributed by atoms with Crippen molar-refractivity contribution in [3.8, 4) is 0 Å². The highest BCUT2D eigenvalue weighted by Gasteiger charge is 2.27. The van der Waals surface area contributed by atoms with E-state index in [-0.39, 0.29) is 12.6 Å². The van der Waals surface area contributed by atoms with Crippen molar-refractivity contribution in [2.75, 3.05) is 29.4 Å². The Hall–Kier alpha value is -2.32. The smallest absolute Gasteiger partial charge is 0.226 e. The van der Waals surface area contributed by atoms with Crippen LogP contribution in [0.5, 0.6) is 0 Å². The van der Waals surface area contributed by atoms with Crippen LogP contribution < -0.4 is 9.80 Å². The predicted molar refractivity (Wildman–Crippen MR) is 94.4 cm³/mol. The van der Waals surface area contributed by atoms with Crippen molar-refractivity contribution < 1.29 is 10.2 Å². The lowest BCUT2D eigenvalue weighted by molar-refractivity contribution is 0.189. The van der Waals surface area contributed by atoms with E-state index in [0.29, 0.717) is 17.5 Å². The number of piperazine rings is 1. The Kier molecular flexibility index (Phi) is 5.10. The standard InChI is InChI=1S/C17H24N6O2/c1-11-8-14(10-24)20-17(19-11)23-7-6-22(9-12(23)2)15-4-5-18-16(21-15)13(3)25/h4-5,8,12-13,24-25H,6-7,9-10H2,1-3H3. The fourth-order valence-corrected chi connectivity index (χ4v) is 3.03. The molecule has 0 saturated carbocycles. The molecule has 3 rings (SSSR count). The summed E-state index contributed by atoms with van der Waals surface area (Å²) in [6.45, 7) is 7.89. The van der Waals surface area contributed by atoms with Gasteiger partial charge in [-0.3, -0.25) is 0 Å². The zero-order valence-corrected chi connectivity index (χ0v) is 14.8. The average molecular weight is 344 g/mol. The molecule has 25 heavy (non-hydrogen) atoms. The molecule has 8 nitrogen and oxygen atoms in total. The number of aliphatic hydroxyl groups excluding tert-OH is 2. The molecule has 2 aromatic heterocycles. The van der Waals surface area contributed by atoms with Gasteiger partial charge in [-0.05, 0) is 32.9 Å². The van der Waals surface area contributed by atoms with E-state index in [1.165, 1.54) is 0 Å². The monoisotopic (exact) mass is 344 g/mol. The minimum absolute atomic E-state index is 0.0895. The van der Waals surface area contributed by atoms with Gasteiger partial charge in [-0.15, -0.1) is 0 Å². The van der Waals surface area contributed by atoms with Gasteiger partial charge in [0.2, 0.25) is 5.95 Å². The van der Waals surface area contributed by atoms with E-state index in [1.54, 1.807) is 19.2 Å². The fourth-order valence-electron chi connectivity index (χ4n) is 3.03. The van der Waals surface area contributed by atoms with Crippen LogP contribution in [-0.2, 0) is 6.61 Å². The summed E-state index contributed by atoms with van der Waals surface area (Å²) in [6.07, 6.45) is 0.995. The average Bonchev–Trinajstić information content (AvgIpc) is 2.61. The van der Waals surface area contributed by atoms with E-state index in [4.69, 9.17) is 0 Å². The lowest BCUT2D eigenvalue weighted by atomic mass is 10.2. The van der Waals surface area contributed by atoms with Crippen molar-refractivity contribution in [3.63, 3.8) is 0 Å². The van der Waals surface area contributed by atoms with E-state index in [1.807, 2.05) is 13.0 Å². The maximum absolute atomic E-state index is 9.68. The van der Waals surface area contributed by atoms with Gasteiger partial charge in [0.15, 0.2) is 5.82 Å². The van der Waals surface area contributed by atoms with Crippen molar-refractivity contribution in [3.05, 3.63) is 35.5 Å². The van der Waals surface area contributed by atoms with Gasteiger partial charge < -0.3 is 20.0 Å². The van der Waals surface area contributed by atoms with Gasteiger partial charge in [0.05, 0.1) is 12.3 Å². The molecular formula is C17H24N6O2. The number of aromatic nitrogens is 4.